The SMILES string of the molecule is CC(=O)c1ccc(SCCC(C)C)cc1. The van der Waals surface area contributed by atoms with Crippen molar-refractivity contribution in [2.24, 2.45) is 5.92 Å². The molecule has 0 saturated carbocycles. The molecule has 0 atom stereocenters. The predicted molar refractivity (Wildman–Crippen MR) is 66.6 cm³/mol. The van der Waals surface area contributed by atoms with E-state index in [1.165, 1.54) is 11.3 Å². The lowest BCUT2D eigenvalue weighted by atomic mass is 10.2. The summed E-state index contributed by atoms with van der Waals surface area (Å²) >= 11 is 1.86. The molecule has 0 saturated heterocycles. The van der Waals surface area contributed by atoms with Gasteiger partial charge in [-0.2, -0.15) is 0 Å². The highest BCUT2D eigenvalue weighted by molar-refractivity contribution is 7.99. The van der Waals surface area contributed by atoms with Crippen LogP contribution < -0.4 is 0 Å². The number of carbonyl (C=O) groups is 1. The topological polar surface area (TPSA) is 17.1 Å². The molecular formula is C13H18OS. The van der Waals surface area contributed by atoms with Crippen molar-refractivity contribution in [1.82, 2.24) is 0 Å². The molecule has 0 heterocycles. The van der Waals surface area contributed by atoms with Crippen LogP contribution in [0.5, 0.6) is 0 Å². The van der Waals surface area contributed by atoms with Gasteiger partial charge in [0.25, 0.3) is 0 Å². The van der Waals surface area contributed by atoms with E-state index >= 15 is 0 Å². The maximum atomic E-state index is 11.1. The van der Waals surface area contributed by atoms with E-state index in [2.05, 4.69) is 13.8 Å². The number of benzene rings is 1. The lowest BCUT2D eigenvalue weighted by molar-refractivity contribution is 0.101. The van der Waals surface area contributed by atoms with E-state index in [-0.39, 0.29) is 5.78 Å². The van der Waals surface area contributed by atoms with Crippen LogP contribution >= 0.6 is 11.8 Å². The normalized spacial score (nSPS) is 10.7. The maximum Gasteiger partial charge on any atom is 0.159 e. The quantitative estimate of drug-likeness (QED) is 0.552. The summed E-state index contributed by atoms with van der Waals surface area (Å²) in [5, 5.41) is 0. The highest BCUT2D eigenvalue weighted by atomic mass is 32.2. The summed E-state index contributed by atoms with van der Waals surface area (Å²) < 4.78 is 0. The third kappa shape index (κ3) is 4.52. The Hall–Kier alpha value is -0.760. The Balaban J connectivity index is 2.46. The van der Waals surface area contributed by atoms with Gasteiger partial charge in [-0.3, -0.25) is 4.79 Å². The molecule has 0 unspecified atom stereocenters. The smallest absolute Gasteiger partial charge is 0.159 e. The first-order valence-electron chi connectivity index (χ1n) is 5.33. The van der Waals surface area contributed by atoms with E-state index in [4.69, 9.17) is 0 Å². The molecule has 0 aromatic heterocycles. The van der Waals surface area contributed by atoms with E-state index < -0.39 is 0 Å². The molecule has 1 aromatic carbocycles. The second-order valence-corrected chi connectivity index (χ2v) is 5.28. The van der Waals surface area contributed by atoms with Gasteiger partial charge in [-0.1, -0.05) is 26.0 Å². The Labute approximate surface area is 96.3 Å². The monoisotopic (exact) mass is 222 g/mol. The highest BCUT2D eigenvalue weighted by Crippen LogP contribution is 2.20. The van der Waals surface area contributed by atoms with E-state index in [1.54, 1.807) is 6.92 Å². The summed E-state index contributed by atoms with van der Waals surface area (Å²) in [7, 11) is 0. The van der Waals surface area contributed by atoms with E-state index in [1.807, 2.05) is 36.0 Å². The van der Waals surface area contributed by atoms with Gasteiger partial charge in [0.1, 0.15) is 0 Å². The van der Waals surface area contributed by atoms with E-state index in [0.29, 0.717) is 0 Å². The zero-order valence-electron chi connectivity index (χ0n) is 9.62. The van der Waals surface area contributed by atoms with Crippen molar-refractivity contribution in [2.45, 2.75) is 32.1 Å². The fourth-order valence-corrected chi connectivity index (χ4v) is 2.35. The van der Waals surface area contributed by atoms with Gasteiger partial charge in [-0.25, -0.2) is 0 Å². The van der Waals surface area contributed by atoms with Crippen LogP contribution in [0.25, 0.3) is 0 Å². The number of carbonyl (C=O) groups excluding carboxylic acids is 1. The zero-order valence-corrected chi connectivity index (χ0v) is 10.4. The van der Waals surface area contributed by atoms with Crippen molar-refractivity contribution >= 4 is 17.5 Å². The largest absolute Gasteiger partial charge is 0.295 e. The molecule has 0 radical (unpaired) electrons. The molecule has 0 bridgehead atoms. The molecule has 0 N–H and O–H groups in total. The minimum Gasteiger partial charge on any atom is -0.295 e. The van der Waals surface area contributed by atoms with Gasteiger partial charge < -0.3 is 0 Å². The van der Waals surface area contributed by atoms with Crippen LogP contribution in [-0.2, 0) is 0 Å². The fraction of sp³-hybridized carbons (Fsp3) is 0.462. The maximum absolute atomic E-state index is 11.1. The van der Waals surface area contributed by atoms with Crippen molar-refractivity contribution in [3.63, 3.8) is 0 Å². The van der Waals surface area contributed by atoms with Crippen LogP contribution in [0.1, 0.15) is 37.6 Å². The van der Waals surface area contributed by atoms with Gasteiger partial charge in [-0.15, -0.1) is 11.8 Å². The summed E-state index contributed by atoms with van der Waals surface area (Å²) in [6, 6.07) is 7.86. The molecule has 0 aliphatic heterocycles. The standard InChI is InChI=1S/C13H18OS/c1-10(2)8-9-15-13-6-4-12(5-7-13)11(3)14/h4-7,10H,8-9H2,1-3H3. The van der Waals surface area contributed by atoms with Gasteiger partial charge in [0, 0.05) is 10.5 Å². The summed E-state index contributed by atoms with van der Waals surface area (Å²) in [5.74, 6) is 2.04. The van der Waals surface area contributed by atoms with Crippen molar-refractivity contribution in [1.29, 1.82) is 0 Å². The van der Waals surface area contributed by atoms with Crippen molar-refractivity contribution < 1.29 is 4.79 Å². The molecular weight excluding hydrogens is 204 g/mol. The summed E-state index contributed by atoms with van der Waals surface area (Å²) in [4.78, 5) is 12.3. The first kappa shape index (κ1) is 12.3. The Kier molecular flexibility index (Phi) is 4.89. The number of ketones is 1. The third-order valence-electron chi connectivity index (χ3n) is 2.22. The minimum atomic E-state index is 0.133. The molecule has 0 aliphatic carbocycles. The van der Waals surface area contributed by atoms with Gasteiger partial charge in [-0.05, 0) is 37.1 Å². The van der Waals surface area contributed by atoms with Crippen LogP contribution in [0.15, 0.2) is 29.2 Å². The number of Topliss-reactive ketones (excluding diaryl/α,β-unsaturated/α-hetero) is 1. The first-order chi connectivity index (χ1) is 7.09. The minimum absolute atomic E-state index is 0.133. The lowest BCUT2D eigenvalue weighted by Gasteiger charge is -2.04. The molecule has 0 aliphatic rings. The molecule has 15 heavy (non-hydrogen) atoms. The summed E-state index contributed by atoms with van der Waals surface area (Å²) in [6.07, 6.45) is 1.24. The van der Waals surface area contributed by atoms with Crippen molar-refractivity contribution in [3.05, 3.63) is 29.8 Å². The van der Waals surface area contributed by atoms with E-state index in [9.17, 15) is 4.79 Å². The summed E-state index contributed by atoms with van der Waals surface area (Å²) in [5.41, 5.74) is 0.795. The molecule has 1 rings (SSSR count). The average Bonchev–Trinajstić information content (AvgIpc) is 2.18. The lowest BCUT2D eigenvalue weighted by Crippen LogP contribution is -1.91. The second kappa shape index (κ2) is 5.96. The Morgan fingerprint density at radius 2 is 1.87 bits per heavy atom. The van der Waals surface area contributed by atoms with E-state index in [0.717, 1.165) is 17.2 Å². The Morgan fingerprint density at radius 3 is 2.33 bits per heavy atom. The van der Waals surface area contributed by atoms with Gasteiger partial charge in [0.2, 0.25) is 0 Å². The van der Waals surface area contributed by atoms with Gasteiger partial charge in [0.15, 0.2) is 5.78 Å². The molecule has 1 nitrogen and oxygen atoms in total. The van der Waals surface area contributed by atoms with Crippen molar-refractivity contribution in [2.75, 3.05) is 5.75 Å². The second-order valence-electron chi connectivity index (χ2n) is 4.11. The Morgan fingerprint density at radius 1 is 1.27 bits per heavy atom. The van der Waals surface area contributed by atoms with Crippen LogP contribution in [0.4, 0.5) is 0 Å². The summed E-state index contributed by atoms with van der Waals surface area (Å²) in [6.45, 7) is 6.07. The van der Waals surface area contributed by atoms with Crippen LogP contribution in [-0.4, -0.2) is 11.5 Å². The number of hydrogen-bond donors (Lipinski definition) is 0. The van der Waals surface area contributed by atoms with Crippen LogP contribution in [0.3, 0.4) is 0 Å². The molecule has 0 fully saturated rings. The highest BCUT2D eigenvalue weighted by Gasteiger charge is 2.00. The number of rotatable bonds is 5. The average molecular weight is 222 g/mol. The van der Waals surface area contributed by atoms with Gasteiger partial charge >= 0.3 is 0 Å². The molecule has 0 amide bonds. The van der Waals surface area contributed by atoms with Crippen molar-refractivity contribution in [3.8, 4) is 0 Å². The Bertz CT molecular complexity index is 314. The zero-order chi connectivity index (χ0) is 11.3. The van der Waals surface area contributed by atoms with Gasteiger partial charge in [0.05, 0.1) is 0 Å². The first-order valence-corrected chi connectivity index (χ1v) is 6.32. The van der Waals surface area contributed by atoms with Crippen LogP contribution in [0, 0.1) is 5.92 Å². The molecule has 2 heteroatoms. The molecule has 1 aromatic rings. The predicted octanol–water partition coefficient (Wildman–Crippen LogP) is 4.03. The fourth-order valence-electron chi connectivity index (χ4n) is 1.20. The van der Waals surface area contributed by atoms with Crippen LogP contribution in [0.2, 0.25) is 0 Å². The number of hydrogen-bond acceptors (Lipinski definition) is 2. The molecule has 82 valence electrons. The third-order valence-corrected chi connectivity index (χ3v) is 3.27. The number of thioether (sulfide) groups is 1. The molecule has 0 spiro atoms.